The first-order valence-corrected chi connectivity index (χ1v) is 3.09. The topological polar surface area (TPSA) is 61.6 Å². The average Bonchev–Trinajstić information content (AvgIpc) is 2.04. The molecule has 0 aliphatic rings. The van der Waals surface area contributed by atoms with E-state index in [9.17, 15) is 13.2 Å². The molecule has 1 rings (SSSR count). The van der Waals surface area contributed by atoms with E-state index >= 15 is 0 Å². The summed E-state index contributed by atoms with van der Waals surface area (Å²) in [5, 5.41) is 9.99. The number of rotatable bonds is 1. The third-order valence-electron chi connectivity index (χ3n) is 1.11. The van der Waals surface area contributed by atoms with Crippen LogP contribution in [0, 0.1) is 11.5 Å². The molecule has 13 heavy (non-hydrogen) atoms. The molecule has 0 saturated carbocycles. The van der Waals surface area contributed by atoms with Gasteiger partial charge in [-0.1, -0.05) is 0 Å². The number of nitriles is 1. The van der Waals surface area contributed by atoms with Gasteiger partial charge < -0.3 is 0 Å². The Kier molecular flexibility index (Phi) is 2.32. The summed E-state index contributed by atoms with van der Waals surface area (Å²) in [6.07, 6.45) is -2.17. The number of nitrogens with zero attached hydrogens (tertiary/aromatic N) is 3. The van der Waals surface area contributed by atoms with Crippen LogP contribution in [0.1, 0.15) is 5.69 Å². The van der Waals surface area contributed by atoms with Crippen LogP contribution in [0.25, 0.3) is 0 Å². The number of nitrogens with one attached hydrogen (secondary N) is 1. The van der Waals surface area contributed by atoms with E-state index in [0.717, 1.165) is 12.3 Å². The second-order valence-corrected chi connectivity index (χ2v) is 2.00. The Morgan fingerprint density at radius 3 is 2.69 bits per heavy atom. The molecule has 0 amide bonds. The van der Waals surface area contributed by atoms with E-state index in [2.05, 4.69) is 9.97 Å². The van der Waals surface area contributed by atoms with Crippen molar-refractivity contribution in [3.8, 4) is 6.19 Å². The Morgan fingerprint density at radius 2 is 2.15 bits per heavy atom. The van der Waals surface area contributed by atoms with E-state index in [1.165, 1.54) is 6.19 Å². The van der Waals surface area contributed by atoms with Crippen LogP contribution < -0.4 is 5.32 Å². The van der Waals surface area contributed by atoms with Gasteiger partial charge in [0, 0.05) is 6.20 Å². The maximum absolute atomic E-state index is 12.0. The fourth-order valence-corrected chi connectivity index (χ4v) is 0.627. The van der Waals surface area contributed by atoms with E-state index in [0.29, 0.717) is 0 Å². The van der Waals surface area contributed by atoms with Gasteiger partial charge in [0.15, 0.2) is 6.19 Å². The lowest BCUT2D eigenvalue weighted by Gasteiger charge is -2.04. The molecule has 1 N–H and O–H groups in total. The molecule has 0 aliphatic heterocycles. The summed E-state index contributed by atoms with van der Waals surface area (Å²) < 4.78 is 36.0. The first-order chi connectivity index (χ1) is 6.04. The van der Waals surface area contributed by atoms with Crippen LogP contribution in [-0.2, 0) is 6.18 Å². The molecular weight excluding hydrogens is 185 g/mol. The van der Waals surface area contributed by atoms with Crippen LogP contribution in [0.3, 0.4) is 0 Å². The van der Waals surface area contributed by atoms with Gasteiger partial charge in [-0.05, 0) is 6.07 Å². The highest BCUT2D eigenvalue weighted by Gasteiger charge is 2.32. The Bertz CT molecular complexity index is 340. The third kappa shape index (κ3) is 2.30. The van der Waals surface area contributed by atoms with Crippen molar-refractivity contribution in [1.29, 1.82) is 5.26 Å². The molecule has 1 aromatic rings. The van der Waals surface area contributed by atoms with Crippen molar-refractivity contribution in [2.24, 2.45) is 0 Å². The zero-order chi connectivity index (χ0) is 9.90. The average molecular weight is 188 g/mol. The minimum atomic E-state index is -4.52. The molecule has 1 heterocycles. The van der Waals surface area contributed by atoms with Crippen molar-refractivity contribution >= 4 is 5.95 Å². The quantitative estimate of drug-likeness (QED) is 0.534. The summed E-state index contributed by atoms with van der Waals surface area (Å²) in [5.41, 5.74) is -1.08. The predicted molar refractivity (Wildman–Crippen MR) is 36.3 cm³/mol. The van der Waals surface area contributed by atoms with Crippen molar-refractivity contribution in [2.45, 2.75) is 6.18 Å². The first-order valence-electron chi connectivity index (χ1n) is 3.09. The molecule has 0 saturated heterocycles. The Morgan fingerprint density at radius 1 is 1.46 bits per heavy atom. The second kappa shape index (κ2) is 3.26. The van der Waals surface area contributed by atoms with Crippen molar-refractivity contribution < 1.29 is 13.2 Å². The van der Waals surface area contributed by atoms with Crippen LogP contribution in [-0.4, -0.2) is 9.97 Å². The lowest BCUT2D eigenvalue weighted by molar-refractivity contribution is -0.141. The van der Waals surface area contributed by atoms with Gasteiger partial charge >= 0.3 is 6.18 Å². The molecule has 0 spiro atoms. The van der Waals surface area contributed by atoms with Crippen LogP contribution >= 0.6 is 0 Å². The van der Waals surface area contributed by atoms with Crippen molar-refractivity contribution in [1.82, 2.24) is 9.97 Å². The molecule has 0 aliphatic carbocycles. The molecule has 0 atom stereocenters. The summed E-state index contributed by atoms with van der Waals surface area (Å²) in [5.74, 6) is -0.364. The van der Waals surface area contributed by atoms with Crippen LogP contribution in [0.2, 0.25) is 0 Å². The summed E-state index contributed by atoms with van der Waals surface area (Å²) in [7, 11) is 0. The molecule has 0 radical (unpaired) electrons. The van der Waals surface area contributed by atoms with E-state index < -0.39 is 11.9 Å². The normalized spacial score (nSPS) is 10.6. The van der Waals surface area contributed by atoms with Gasteiger partial charge in [0.2, 0.25) is 5.95 Å². The highest BCUT2D eigenvalue weighted by atomic mass is 19.4. The molecule has 0 aromatic carbocycles. The largest absolute Gasteiger partial charge is 0.433 e. The van der Waals surface area contributed by atoms with Gasteiger partial charge in [-0.3, -0.25) is 5.32 Å². The Balaban J connectivity index is 3.00. The molecule has 0 bridgehead atoms. The van der Waals surface area contributed by atoms with E-state index in [-0.39, 0.29) is 5.95 Å². The summed E-state index contributed by atoms with van der Waals surface area (Å²) >= 11 is 0. The number of halogens is 3. The standard InChI is InChI=1S/C6H3F3N4/c7-6(8,9)4-1-2-11-5(13-4)12-3-10/h1-2H,(H,11,12,13). The minimum Gasteiger partial charge on any atom is -0.261 e. The van der Waals surface area contributed by atoms with Crippen molar-refractivity contribution in [3.05, 3.63) is 18.0 Å². The second-order valence-electron chi connectivity index (χ2n) is 2.00. The SMILES string of the molecule is N#CNc1nccc(C(F)(F)F)n1. The fraction of sp³-hybridized carbons (Fsp3) is 0.167. The van der Waals surface area contributed by atoms with Crippen molar-refractivity contribution in [3.63, 3.8) is 0 Å². The molecule has 0 unspecified atom stereocenters. The maximum atomic E-state index is 12.0. The fourth-order valence-electron chi connectivity index (χ4n) is 0.627. The highest BCUT2D eigenvalue weighted by Crippen LogP contribution is 2.27. The Hall–Kier alpha value is -1.84. The number of hydrogen-bond acceptors (Lipinski definition) is 4. The number of aromatic nitrogens is 2. The lowest BCUT2D eigenvalue weighted by Crippen LogP contribution is -2.09. The predicted octanol–water partition coefficient (Wildman–Crippen LogP) is 1.39. The monoisotopic (exact) mass is 188 g/mol. The molecular formula is C6H3F3N4. The van der Waals surface area contributed by atoms with E-state index in [1.807, 2.05) is 5.32 Å². The number of alkyl halides is 3. The van der Waals surface area contributed by atoms with Crippen LogP contribution in [0.4, 0.5) is 19.1 Å². The van der Waals surface area contributed by atoms with Gasteiger partial charge in [-0.2, -0.15) is 18.4 Å². The molecule has 0 fully saturated rings. The smallest absolute Gasteiger partial charge is 0.261 e. The summed E-state index contributed by atoms with van der Waals surface area (Å²) in [6, 6.07) is 0.725. The van der Waals surface area contributed by atoms with E-state index in [1.54, 1.807) is 0 Å². The van der Waals surface area contributed by atoms with Gasteiger partial charge in [0.05, 0.1) is 0 Å². The summed E-state index contributed by atoms with van der Waals surface area (Å²) in [4.78, 5) is 6.46. The maximum Gasteiger partial charge on any atom is 0.433 e. The summed E-state index contributed by atoms with van der Waals surface area (Å²) in [6.45, 7) is 0. The zero-order valence-electron chi connectivity index (χ0n) is 6.13. The highest BCUT2D eigenvalue weighted by molar-refractivity contribution is 5.30. The number of hydrogen-bond donors (Lipinski definition) is 1. The molecule has 4 nitrogen and oxygen atoms in total. The van der Waals surface area contributed by atoms with Gasteiger partial charge in [0.25, 0.3) is 0 Å². The first kappa shape index (κ1) is 9.25. The third-order valence-corrected chi connectivity index (χ3v) is 1.11. The molecule has 1 aromatic heterocycles. The van der Waals surface area contributed by atoms with Gasteiger partial charge in [0.1, 0.15) is 5.69 Å². The van der Waals surface area contributed by atoms with Crippen LogP contribution in [0.15, 0.2) is 12.3 Å². The molecule has 68 valence electrons. The molecule has 7 heteroatoms. The van der Waals surface area contributed by atoms with Gasteiger partial charge in [-0.15, -0.1) is 0 Å². The van der Waals surface area contributed by atoms with Crippen molar-refractivity contribution in [2.75, 3.05) is 5.32 Å². The lowest BCUT2D eigenvalue weighted by atomic mass is 10.4. The Labute approximate surface area is 71.0 Å². The van der Waals surface area contributed by atoms with Crippen LogP contribution in [0.5, 0.6) is 0 Å². The number of anilines is 1. The zero-order valence-corrected chi connectivity index (χ0v) is 6.13. The van der Waals surface area contributed by atoms with Gasteiger partial charge in [-0.25, -0.2) is 9.97 Å². The minimum absolute atomic E-state index is 0.364. The van der Waals surface area contributed by atoms with E-state index in [4.69, 9.17) is 5.26 Å².